The molecule has 0 atom stereocenters. The third kappa shape index (κ3) is 4.90. The Morgan fingerprint density at radius 1 is 1.37 bits per heavy atom. The predicted molar refractivity (Wildman–Crippen MR) is 76.4 cm³/mol. The number of rotatable bonds is 8. The van der Waals surface area contributed by atoms with E-state index in [1.807, 2.05) is 6.92 Å². The maximum Gasteiger partial charge on any atom is 0.242 e. The van der Waals surface area contributed by atoms with Crippen LogP contribution in [0.1, 0.15) is 27.2 Å². The molecular weight excluding hydrogens is 244 g/mol. The van der Waals surface area contributed by atoms with E-state index >= 15 is 0 Å². The zero-order chi connectivity index (χ0) is 14.3. The van der Waals surface area contributed by atoms with Gasteiger partial charge in [0.2, 0.25) is 5.88 Å². The molecule has 3 N–H and O–H groups in total. The Balaban J connectivity index is 2.64. The van der Waals surface area contributed by atoms with Crippen LogP contribution >= 0.6 is 0 Å². The third-order valence-corrected chi connectivity index (χ3v) is 2.85. The van der Waals surface area contributed by atoms with Crippen LogP contribution in [0.5, 0.6) is 5.88 Å². The highest BCUT2D eigenvalue weighted by atomic mass is 16.5. The molecule has 0 aliphatic heterocycles. The second-order valence-electron chi connectivity index (χ2n) is 5.13. The lowest BCUT2D eigenvalue weighted by atomic mass is 9.90. The Bertz CT molecular complexity index is 396. The van der Waals surface area contributed by atoms with Crippen LogP contribution in [0.2, 0.25) is 0 Å². The lowest BCUT2D eigenvalue weighted by molar-refractivity contribution is 0.157. The molecule has 19 heavy (non-hydrogen) atoms. The maximum atomic E-state index is 5.96. The number of nitrogens with two attached hydrogens (primary N) is 1. The molecule has 1 aromatic rings. The van der Waals surface area contributed by atoms with E-state index in [1.165, 1.54) is 6.33 Å². The van der Waals surface area contributed by atoms with Crippen molar-refractivity contribution in [3.05, 3.63) is 6.33 Å². The summed E-state index contributed by atoms with van der Waals surface area (Å²) >= 11 is 0. The molecule has 0 fully saturated rings. The van der Waals surface area contributed by atoms with Gasteiger partial charge >= 0.3 is 0 Å². The summed E-state index contributed by atoms with van der Waals surface area (Å²) in [7, 11) is 1.71. The van der Waals surface area contributed by atoms with Crippen LogP contribution in [0, 0.1) is 5.41 Å². The molecule has 0 aromatic carbocycles. The SMILES string of the molecule is CCOc1ncnc(NCC(C)(C)CCOC)c1N. The Morgan fingerprint density at radius 3 is 2.74 bits per heavy atom. The number of nitrogen functional groups attached to an aromatic ring is 1. The Labute approximate surface area is 114 Å². The van der Waals surface area contributed by atoms with Gasteiger partial charge in [0.15, 0.2) is 5.82 Å². The summed E-state index contributed by atoms with van der Waals surface area (Å²) in [5.74, 6) is 1.04. The normalized spacial score (nSPS) is 11.4. The van der Waals surface area contributed by atoms with Crippen molar-refractivity contribution in [3.63, 3.8) is 0 Å². The number of anilines is 2. The fourth-order valence-electron chi connectivity index (χ4n) is 1.56. The minimum Gasteiger partial charge on any atom is -0.476 e. The lowest BCUT2D eigenvalue weighted by Gasteiger charge is -2.25. The molecule has 1 aromatic heterocycles. The van der Waals surface area contributed by atoms with Crippen LogP contribution in [-0.4, -0.2) is 36.8 Å². The van der Waals surface area contributed by atoms with Crippen molar-refractivity contribution in [3.8, 4) is 5.88 Å². The van der Waals surface area contributed by atoms with Gasteiger partial charge in [-0.1, -0.05) is 13.8 Å². The molecule has 0 amide bonds. The highest BCUT2D eigenvalue weighted by Crippen LogP contribution is 2.27. The first-order valence-electron chi connectivity index (χ1n) is 6.46. The van der Waals surface area contributed by atoms with Crippen molar-refractivity contribution in [1.82, 2.24) is 9.97 Å². The minimum absolute atomic E-state index is 0.0964. The van der Waals surface area contributed by atoms with E-state index in [0.717, 1.165) is 19.6 Å². The first-order valence-corrected chi connectivity index (χ1v) is 6.46. The summed E-state index contributed by atoms with van der Waals surface area (Å²) in [6, 6.07) is 0. The summed E-state index contributed by atoms with van der Waals surface area (Å²) < 4.78 is 10.4. The first kappa shape index (κ1) is 15.5. The van der Waals surface area contributed by atoms with Crippen molar-refractivity contribution in [1.29, 1.82) is 0 Å². The van der Waals surface area contributed by atoms with Gasteiger partial charge in [-0.2, -0.15) is 4.98 Å². The molecule has 0 unspecified atom stereocenters. The third-order valence-electron chi connectivity index (χ3n) is 2.85. The lowest BCUT2D eigenvalue weighted by Crippen LogP contribution is -2.25. The summed E-state index contributed by atoms with van der Waals surface area (Å²) in [4.78, 5) is 8.15. The first-order chi connectivity index (χ1) is 9.00. The quantitative estimate of drug-likeness (QED) is 0.749. The second-order valence-corrected chi connectivity index (χ2v) is 5.13. The van der Waals surface area contributed by atoms with Gasteiger partial charge in [0, 0.05) is 20.3 Å². The predicted octanol–water partition coefficient (Wildman–Crippen LogP) is 1.93. The zero-order valence-corrected chi connectivity index (χ0v) is 12.2. The fourth-order valence-corrected chi connectivity index (χ4v) is 1.56. The van der Waals surface area contributed by atoms with Crippen molar-refractivity contribution in [2.75, 3.05) is 37.9 Å². The molecule has 6 nitrogen and oxygen atoms in total. The number of hydrogen-bond acceptors (Lipinski definition) is 6. The zero-order valence-electron chi connectivity index (χ0n) is 12.2. The number of hydrogen-bond donors (Lipinski definition) is 2. The summed E-state index contributed by atoms with van der Waals surface area (Å²) in [5.41, 5.74) is 6.51. The van der Waals surface area contributed by atoms with E-state index in [0.29, 0.717) is 24.0 Å². The average molecular weight is 268 g/mol. The van der Waals surface area contributed by atoms with E-state index in [1.54, 1.807) is 7.11 Å². The Hall–Kier alpha value is -1.56. The summed E-state index contributed by atoms with van der Waals surface area (Å²) in [6.45, 7) is 8.24. The van der Waals surface area contributed by atoms with Crippen LogP contribution in [-0.2, 0) is 4.74 Å². The highest BCUT2D eigenvalue weighted by Gasteiger charge is 2.18. The molecule has 0 bridgehead atoms. The topological polar surface area (TPSA) is 82.3 Å². The van der Waals surface area contributed by atoms with Gasteiger partial charge in [0.05, 0.1) is 6.61 Å². The van der Waals surface area contributed by atoms with Crippen molar-refractivity contribution in [2.24, 2.45) is 5.41 Å². The van der Waals surface area contributed by atoms with Gasteiger partial charge in [-0.3, -0.25) is 0 Å². The molecular formula is C13H24N4O2. The number of methoxy groups -OCH3 is 1. The van der Waals surface area contributed by atoms with Gasteiger partial charge in [-0.15, -0.1) is 0 Å². The van der Waals surface area contributed by atoms with Crippen LogP contribution in [0.25, 0.3) is 0 Å². The highest BCUT2D eigenvalue weighted by molar-refractivity contribution is 5.66. The smallest absolute Gasteiger partial charge is 0.242 e. The van der Waals surface area contributed by atoms with Crippen molar-refractivity contribution in [2.45, 2.75) is 27.2 Å². The minimum atomic E-state index is 0.0964. The van der Waals surface area contributed by atoms with Crippen molar-refractivity contribution >= 4 is 11.5 Å². The van der Waals surface area contributed by atoms with Gasteiger partial charge in [-0.05, 0) is 18.8 Å². The van der Waals surface area contributed by atoms with E-state index in [9.17, 15) is 0 Å². The number of aromatic nitrogens is 2. The van der Waals surface area contributed by atoms with E-state index < -0.39 is 0 Å². The largest absolute Gasteiger partial charge is 0.476 e. The molecule has 0 aliphatic rings. The molecule has 1 rings (SSSR count). The Kier molecular flexibility index (Phi) is 5.82. The van der Waals surface area contributed by atoms with Crippen LogP contribution in [0.4, 0.5) is 11.5 Å². The molecule has 0 saturated carbocycles. The Morgan fingerprint density at radius 2 is 2.11 bits per heavy atom. The van der Waals surface area contributed by atoms with Crippen LogP contribution < -0.4 is 15.8 Å². The van der Waals surface area contributed by atoms with Gasteiger partial charge in [-0.25, -0.2) is 4.98 Å². The molecule has 6 heteroatoms. The maximum absolute atomic E-state index is 5.96. The monoisotopic (exact) mass is 268 g/mol. The molecule has 1 heterocycles. The summed E-state index contributed by atoms with van der Waals surface area (Å²) in [6.07, 6.45) is 2.41. The van der Waals surface area contributed by atoms with Gasteiger partial charge < -0.3 is 20.5 Å². The number of nitrogens with zero attached hydrogens (tertiary/aromatic N) is 2. The number of ether oxygens (including phenoxy) is 2. The average Bonchev–Trinajstić information content (AvgIpc) is 2.38. The fraction of sp³-hybridized carbons (Fsp3) is 0.692. The van der Waals surface area contributed by atoms with Gasteiger partial charge in [0.25, 0.3) is 0 Å². The van der Waals surface area contributed by atoms with E-state index in [4.69, 9.17) is 15.2 Å². The number of nitrogens with one attached hydrogen (secondary N) is 1. The van der Waals surface area contributed by atoms with Gasteiger partial charge in [0.1, 0.15) is 12.0 Å². The molecule has 0 radical (unpaired) electrons. The molecule has 0 aliphatic carbocycles. The van der Waals surface area contributed by atoms with Crippen molar-refractivity contribution < 1.29 is 9.47 Å². The van der Waals surface area contributed by atoms with E-state index in [-0.39, 0.29) is 5.41 Å². The molecule has 0 spiro atoms. The summed E-state index contributed by atoms with van der Waals surface area (Å²) in [5, 5.41) is 3.25. The van der Waals surface area contributed by atoms with Crippen LogP contribution in [0.15, 0.2) is 6.33 Å². The molecule has 108 valence electrons. The van der Waals surface area contributed by atoms with Crippen LogP contribution in [0.3, 0.4) is 0 Å². The molecule has 0 saturated heterocycles. The van der Waals surface area contributed by atoms with E-state index in [2.05, 4.69) is 29.1 Å². The standard InChI is InChI=1S/C13H24N4O2/c1-5-19-12-10(14)11(16-9-17-12)15-8-13(2,3)6-7-18-4/h9H,5-8,14H2,1-4H3,(H,15,16,17). The second kappa shape index (κ2) is 7.13.